The fraction of sp³-hybridized carbons (Fsp3) is 0.588. The zero-order valence-corrected chi connectivity index (χ0v) is 13.5. The summed E-state index contributed by atoms with van der Waals surface area (Å²) in [6, 6.07) is 6.34. The molecule has 1 aliphatic rings. The molecule has 1 aromatic heterocycles. The molecule has 0 aromatic carbocycles. The Kier molecular flexibility index (Phi) is 4.70. The molecule has 0 spiro atoms. The molecular weight excluding hydrogens is 278 g/mol. The molecule has 0 saturated carbocycles. The van der Waals surface area contributed by atoms with Crippen LogP contribution >= 0.6 is 0 Å². The SMILES string of the molecule is CC(C)(C)OC(=O)N1CCC(C#N)(Cc2cccnc2)CC1. The van der Waals surface area contributed by atoms with Crippen molar-refractivity contribution in [1.29, 1.82) is 5.26 Å². The molecule has 0 atom stereocenters. The lowest BCUT2D eigenvalue weighted by molar-refractivity contribution is 0.0148. The Hall–Kier alpha value is -2.09. The zero-order valence-electron chi connectivity index (χ0n) is 13.5. The molecular formula is C17H23N3O2. The molecule has 1 aromatic rings. The standard InChI is InChI=1S/C17H23N3O2/c1-16(2,3)22-15(21)20-9-6-17(13-18,7-10-20)11-14-5-4-8-19-12-14/h4-5,8,12H,6-7,9-11H2,1-3H3. The van der Waals surface area contributed by atoms with Gasteiger partial charge >= 0.3 is 6.09 Å². The second kappa shape index (κ2) is 6.35. The number of ether oxygens (including phenoxy) is 1. The van der Waals surface area contributed by atoms with Crippen molar-refractivity contribution in [3.05, 3.63) is 30.1 Å². The van der Waals surface area contributed by atoms with Gasteiger partial charge in [-0.25, -0.2) is 4.79 Å². The van der Waals surface area contributed by atoms with Crippen LogP contribution in [0.3, 0.4) is 0 Å². The fourth-order valence-corrected chi connectivity index (χ4v) is 2.67. The molecule has 0 aliphatic carbocycles. The van der Waals surface area contributed by atoms with E-state index in [1.807, 2.05) is 32.9 Å². The van der Waals surface area contributed by atoms with Gasteiger partial charge in [0, 0.05) is 25.5 Å². The smallest absolute Gasteiger partial charge is 0.410 e. The number of rotatable bonds is 2. The summed E-state index contributed by atoms with van der Waals surface area (Å²) < 4.78 is 5.39. The Morgan fingerprint density at radius 3 is 2.64 bits per heavy atom. The van der Waals surface area contributed by atoms with Crippen LogP contribution in [0.5, 0.6) is 0 Å². The number of nitrogens with zero attached hydrogens (tertiary/aromatic N) is 3. The number of piperidine rings is 1. The summed E-state index contributed by atoms with van der Waals surface area (Å²) >= 11 is 0. The van der Waals surface area contributed by atoms with Crippen molar-refractivity contribution in [3.63, 3.8) is 0 Å². The van der Waals surface area contributed by atoms with Crippen LogP contribution in [0.1, 0.15) is 39.2 Å². The van der Waals surface area contributed by atoms with E-state index >= 15 is 0 Å². The lowest BCUT2D eigenvalue weighted by Crippen LogP contribution is -2.45. The van der Waals surface area contributed by atoms with Gasteiger partial charge in [0.15, 0.2) is 0 Å². The van der Waals surface area contributed by atoms with Gasteiger partial charge in [-0.15, -0.1) is 0 Å². The number of amides is 1. The predicted octanol–water partition coefficient (Wildman–Crippen LogP) is 3.16. The molecule has 1 fully saturated rings. The van der Waals surface area contributed by atoms with Crippen LogP contribution in [0.25, 0.3) is 0 Å². The number of carbonyl (C=O) groups is 1. The number of nitriles is 1. The van der Waals surface area contributed by atoms with Gasteiger partial charge in [-0.05, 0) is 51.7 Å². The van der Waals surface area contributed by atoms with E-state index in [1.54, 1.807) is 17.3 Å². The van der Waals surface area contributed by atoms with Crippen LogP contribution in [-0.2, 0) is 11.2 Å². The van der Waals surface area contributed by atoms with E-state index in [4.69, 9.17) is 4.74 Å². The highest BCUT2D eigenvalue weighted by atomic mass is 16.6. The molecule has 5 heteroatoms. The summed E-state index contributed by atoms with van der Waals surface area (Å²) in [6.07, 6.45) is 5.25. The molecule has 5 nitrogen and oxygen atoms in total. The molecule has 0 unspecified atom stereocenters. The highest BCUT2D eigenvalue weighted by Crippen LogP contribution is 2.34. The van der Waals surface area contributed by atoms with Crippen molar-refractivity contribution in [1.82, 2.24) is 9.88 Å². The Morgan fingerprint density at radius 1 is 1.45 bits per heavy atom. The van der Waals surface area contributed by atoms with E-state index in [0.717, 1.165) is 5.56 Å². The fourth-order valence-electron chi connectivity index (χ4n) is 2.67. The quantitative estimate of drug-likeness (QED) is 0.841. The van der Waals surface area contributed by atoms with E-state index in [-0.39, 0.29) is 6.09 Å². The molecule has 0 bridgehead atoms. The largest absolute Gasteiger partial charge is 0.444 e. The van der Waals surface area contributed by atoms with Crippen LogP contribution in [0.15, 0.2) is 24.5 Å². The van der Waals surface area contributed by atoms with Crippen molar-refractivity contribution in [2.24, 2.45) is 5.41 Å². The second-order valence-electron chi connectivity index (χ2n) is 6.90. The third-order valence-electron chi connectivity index (χ3n) is 3.87. The van der Waals surface area contributed by atoms with Crippen molar-refractivity contribution < 1.29 is 9.53 Å². The van der Waals surface area contributed by atoms with Crippen LogP contribution in [0.2, 0.25) is 0 Å². The summed E-state index contributed by atoms with van der Waals surface area (Å²) in [4.78, 5) is 17.9. The first-order valence-electron chi connectivity index (χ1n) is 7.62. The lowest BCUT2D eigenvalue weighted by Gasteiger charge is -2.37. The summed E-state index contributed by atoms with van der Waals surface area (Å²) in [6.45, 7) is 6.69. The van der Waals surface area contributed by atoms with Crippen molar-refractivity contribution in [3.8, 4) is 6.07 Å². The van der Waals surface area contributed by atoms with Gasteiger partial charge < -0.3 is 9.64 Å². The summed E-state index contributed by atoms with van der Waals surface area (Å²) in [5.41, 5.74) is 0.160. The normalized spacial score (nSPS) is 17.6. The molecule has 2 heterocycles. The molecule has 118 valence electrons. The molecule has 1 aliphatic heterocycles. The first-order chi connectivity index (χ1) is 10.3. The van der Waals surface area contributed by atoms with Gasteiger partial charge in [0.05, 0.1) is 11.5 Å². The number of carbonyl (C=O) groups excluding carboxylic acids is 1. The van der Waals surface area contributed by atoms with Crippen molar-refractivity contribution >= 4 is 6.09 Å². The number of hydrogen-bond acceptors (Lipinski definition) is 4. The molecule has 0 N–H and O–H groups in total. The predicted molar refractivity (Wildman–Crippen MR) is 83.0 cm³/mol. The van der Waals surface area contributed by atoms with Gasteiger partial charge in [0.2, 0.25) is 0 Å². The monoisotopic (exact) mass is 301 g/mol. The van der Waals surface area contributed by atoms with Crippen LogP contribution < -0.4 is 0 Å². The average Bonchev–Trinajstić information content (AvgIpc) is 2.47. The average molecular weight is 301 g/mol. The highest BCUT2D eigenvalue weighted by molar-refractivity contribution is 5.68. The minimum absolute atomic E-state index is 0.291. The van der Waals surface area contributed by atoms with E-state index in [0.29, 0.717) is 32.4 Å². The third-order valence-corrected chi connectivity index (χ3v) is 3.87. The molecule has 22 heavy (non-hydrogen) atoms. The maximum atomic E-state index is 12.1. The molecule has 0 radical (unpaired) electrons. The molecule has 1 saturated heterocycles. The minimum Gasteiger partial charge on any atom is -0.444 e. The maximum absolute atomic E-state index is 12.1. The van der Waals surface area contributed by atoms with Gasteiger partial charge in [-0.2, -0.15) is 5.26 Å². The Balaban J connectivity index is 1.97. The van der Waals surface area contributed by atoms with Crippen molar-refractivity contribution in [2.75, 3.05) is 13.1 Å². The molecule has 1 amide bonds. The first-order valence-corrected chi connectivity index (χ1v) is 7.62. The van der Waals surface area contributed by atoms with E-state index < -0.39 is 11.0 Å². The van der Waals surface area contributed by atoms with E-state index in [2.05, 4.69) is 11.1 Å². The van der Waals surface area contributed by atoms with Crippen LogP contribution in [-0.4, -0.2) is 34.7 Å². The number of hydrogen-bond donors (Lipinski definition) is 0. The first kappa shape index (κ1) is 16.3. The Labute approximate surface area is 131 Å². The van der Waals surface area contributed by atoms with Crippen molar-refractivity contribution in [2.45, 2.75) is 45.6 Å². The zero-order chi connectivity index (χ0) is 16.2. The summed E-state index contributed by atoms with van der Waals surface area (Å²) in [5.74, 6) is 0. The topological polar surface area (TPSA) is 66.2 Å². The van der Waals surface area contributed by atoms with Crippen LogP contribution in [0, 0.1) is 16.7 Å². The number of aromatic nitrogens is 1. The maximum Gasteiger partial charge on any atom is 0.410 e. The molecule has 2 rings (SSSR count). The number of likely N-dealkylation sites (tertiary alicyclic amines) is 1. The lowest BCUT2D eigenvalue weighted by atomic mass is 9.75. The van der Waals surface area contributed by atoms with Crippen LogP contribution in [0.4, 0.5) is 4.79 Å². The minimum atomic E-state index is -0.490. The van der Waals surface area contributed by atoms with Gasteiger partial charge in [-0.1, -0.05) is 6.07 Å². The third kappa shape index (κ3) is 4.20. The van der Waals surface area contributed by atoms with E-state index in [1.165, 1.54) is 0 Å². The van der Waals surface area contributed by atoms with Gasteiger partial charge in [-0.3, -0.25) is 4.98 Å². The summed E-state index contributed by atoms with van der Waals surface area (Å²) in [7, 11) is 0. The second-order valence-corrected chi connectivity index (χ2v) is 6.90. The van der Waals surface area contributed by atoms with E-state index in [9.17, 15) is 10.1 Å². The Bertz CT molecular complexity index is 550. The highest BCUT2D eigenvalue weighted by Gasteiger charge is 2.37. The number of pyridine rings is 1. The van der Waals surface area contributed by atoms with Gasteiger partial charge in [0.25, 0.3) is 0 Å². The van der Waals surface area contributed by atoms with Gasteiger partial charge in [0.1, 0.15) is 5.60 Å². The Morgan fingerprint density at radius 2 is 2.14 bits per heavy atom. The summed E-state index contributed by atoms with van der Waals surface area (Å²) in [5, 5.41) is 9.61.